The van der Waals surface area contributed by atoms with Gasteiger partial charge in [0.15, 0.2) is 0 Å². The molecular weight excluding hydrogens is 887 g/mol. The highest BCUT2D eigenvalue weighted by molar-refractivity contribution is 5.96. The number of methoxy groups -OCH3 is 1. The molecule has 1 fully saturated rings. The van der Waals surface area contributed by atoms with E-state index in [1.165, 1.54) is 43.9 Å². The first-order valence-corrected chi connectivity index (χ1v) is 22.0. The number of hydrogen-bond donors (Lipinski definition) is 6. The molecule has 2 aromatic carbocycles. The first-order chi connectivity index (χ1) is 32.6. The van der Waals surface area contributed by atoms with Crippen LogP contribution in [0.1, 0.15) is 56.5 Å². The molecule has 1 saturated heterocycles. The lowest BCUT2D eigenvalue weighted by Crippen LogP contribution is -2.59. The van der Waals surface area contributed by atoms with Gasteiger partial charge in [-0.25, -0.2) is 29.1 Å². The second-order valence-electron chi connectivity index (χ2n) is 17.0. The summed E-state index contributed by atoms with van der Waals surface area (Å²) >= 11 is 0. The van der Waals surface area contributed by atoms with E-state index in [0.29, 0.717) is 17.1 Å². The molecule has 5 aromatic rings. The van der Waals surface area contributed by atoms with Gasteiger partial charge in [-0.1, -0.05) is 39.0 Å². The van der Waals surface area contributed by atoms with Crippen LogP contribution in [0.25, 0.3) is 22.3 Å². The molecule has 3 amide bonds. The van der Waals surface area contributed by atoms with E-state index in [1.807, 2.05) is 30.3 Å². The molecular formula is C47H51N7O14. The Morgan fingerprint density at radius 1 is 1.03 bits per heavy atom. The van der Waals surface area contributed by atoms with Crippen molar-refractivity contribution in [1.82, 2.24) is 30.2 Å². The minimum atomic E-state index is -2.04. The van der Waals surface area contributed by atoms with Gasteiger partial charge in [0.05, 0.1) is 48.6 Å². The van der Waals surface area contributed by atoms with Crippen LogP contribution in [-0.4, -0.2) is 116 Å². The monoisotopic (exact) mass is 937 g/mol. The van der Waals surface area contributed by atoms with Crippen LogP contribution in [0, 0.1) is 5.92 Å². The van der Waals surface area contributed by atoms with Crippen molar-refractivity contribution in [3.63, 3.8) is 0 Å². The van der Waals surface area contributed by atoms with Crippen LogP contribution in [-0.2, 0) is 68.0 Å². The van der Waals surface area contributed by atoms with Gasteiger partial charge in [0, 0.05) is 40.5 Å². The van der Waals surface area contributed by atoms with Crippen LogP contribution in [0.4, 0.5) is 10.5 Å². The smallest absolute Gasteiger partial charge is 0.355 e. The van der Waals surface area contributed by atoms with Gasteiger partial charge in [-0.15, -0.1) is 0 Å². The quantitative estimate of drug-likeness (QED) is 0.0637. The number of cyclic esters (lactones) is 1. The molecule has 0 spiro atoms. The number of ether oxygens (including phenoxy) is 6. The summed E-state index contributed by atoms with van der Waals surface area (Å²) in [6.45, 7) is 5.93. The van der Waals surface area contributed by atoms with Crippen molar-refractivity contribution < 1.29 is 62.6 Å². The number of anilines is 1. The SMILES string of the molecule is CC[C@@]1(OC(=O)[C@@H](NC(=O)[C@H](Cc2cnc[nH]2)NC(=O)Nc2ccc(O[C@H]3O[C@@H](C)[C@@H](O)[C@@H](OCC(=O)OC)[C@@H]3O)cc2)C(C)C)C(=O)OCc2c1cc1n(c2=O)Cc2cc3ccccc3nc2-1. The van der Waals surface area contributed by atoms with Crippen molar-refractivity contribution in [3.05, 3.63) is 106 Å². The number of pyridine rings is 2. The van der Waals surface area contributed by atoms with Crippen LogP contribution in [0.15, 0.2) is 78.0 Å². The first kappa shape index (κ1) is 47.3. The normalized spacial score (nSPS) is 22.5. The number of carbonyl (C=O) groups is 5. The maximum Gasteiger partial charge on any atom is 0.355 e. The highest BCUT2D eigenvalue weighted by atomic mass is 16.7. The Morgan fingerprint density at radius 2 is 1.79 bits per heavy atom. The fourth-order valence-electron chi connectivity index (χ4n) is 8.49. The fraction of sp³-hybridized carbons (Fsp3) is 0.404. The molecule has 0 radical (unpaired) electrons. The van der Waals surface area contributed by atoms with Crippen molar-refractivity contribution in [2.75, 3.05) is 19.0 Å². The zero-order chi connectivity index (χ0) is 48.4. The number of carbonyl (C=O) groups excluding carboxylic acids is 5. The first-order valence-electron chi connectivity index (χ1n) is 22.0. The molecule has 21 heteroatoms. The maximum absolute atomic E-state index is 14.3. The summed E-state index contributed by atoms with van der Waals surface area (Å²) in [6.07, 6.45) is -3.43. The van der Waals surface area contributed by atoms with Gasteiger partial charge in [0.2, 0.25) is 17.8 Å². The summed E-state index contributed by atoms with van der Waals surface area (Å²) in [5.74, 6) is -3.70. The summed E-state index contributed by atoms with van der Waals surface area (Å²) in [5, 5.41) is 30.3. The molecule has 0 unspecified atom stereocenters. The second-order valence-corrected chi connectivity index (χ2v) is 17.0. The Hall–Kier alpha value is -7.20. The number of aliphatic hydroxyl groups is 2. The minimum absolute atomic E-state index is 0.0779. The number of imidazole rings is 1. The average Bonchev–Trinajstić information content (AvgIpc) is 3.98. The second kappa shape index (κ2) is 19.6. The predicted molar refractivity (Wildman–Crippen MR) is 239 cm³/mol. The zero-order valence-corrected chi connectivity index (χ0v) is 37.7. The number of nitrogens with one attached hydrogen (secondary N) is 4. The highest BCUT2D eigenvalue weighted by Crippen LogP contribution is 2.41. The van der Waals surface area contributed by atoms with Crippen molar-refractivity contribution in [2.45, 2.75) is 102 Å². The molecule has 8 rings (SSSR count). The van der Waals surface area contributed by atoms with Gasteiger partial charge < -0.3 is 64.1 Å². The fourth-order valence-corrected chi connectivity index (χ4v) is 8.49. The van der Waals surface area contributed by atoms with Gasteiger partial charge >= 0.3 is 23.9 Å². The van der Waals surface area contributed by atoms with E-state index in [1.54, 1.807) is 38.3 Å². The van der Waals surface area contributed by atoms with E-state index in [9.17, 15) is 39.0 Å². The number of rotatable bonds is 15. The van der Waals surface area contributed by atoms with Crippen LogP contribution in [0.3, 0.4) is 0 Å². The van der Waals surface area contributed by atoms with E-state index in [0.717, 1.165) is 16.5 Å². The van der Waals surface area contributed by atoms with Crippen molar-refractivity contribution >= 4 is 46.4 Å². The summed E-state index contributed by atoms with van der Waals surface area (Å²) in [4.78, 5) is 93.3. The van der Waals surface area contributed by atoms with Crippen LogP contribution < -0.4 is 26.2 Å². The number of fused-ring (bicyclic) bond motifs is 5. The third kappa shape index (κ3) is 9.37. The van der Waals surface area contributed by atoms with Crippen molar-refractivity contribution in [1.29, 1.82) is 0 Å². The molecule has 3 aliphatic heterocycles. The van der Waals surface area contributed by atoms with E-state index >= 15 is 0 Å². The van der Waals surface area contributed by atoms with E-state index in [-0.39, 0.29) is 48.6 Å². The number of amides is 3. The highest BCUT2D eigenvalue weighted by Gasteiger charge is 2.52. The topological polar surface area (TPSA) is 281 Å². The Kier molecular flexibility index (Phi) is 13.6. The Morgan fingerprint density at radius 3 is 2.50 bits per heavy atom. The summed E-state index contributed by atoms with van der Waals surface area (Å²) in [7, 11) is 1.18. The van der Waals surface area contributed by atoms with Gasteiger partial charge in [-0.2, -0.15) is 0 Å². The number of aromatic amines is 1. The molecule has 0 aliphatic carbocycles. The van der Waals surface area contributed by atoms with Crippen molar-refractivity contribution in [2.24, 2.45) is 5.92 Å². The van der Waals surface area contributed by atoms with Gasteiger partial charge in [-0.3, -0.25) is 9.59 Å². The Balaban J connectivity index is 0.963. The summed E-state index contributed by atoms with van der Waals surface area (Å²) < 4.78 is 34.7. The molecule has 0 saturated carbocycles. The number of benzene rings is 2. The van der Waals surface area contributed by atoms with Crippen LogP contribution >= 0.6 is 0 Å². The lowest BCUT2D eigenvalue weighted by Gasteiger charge is -2.40. The number of para-hydroxylation sites is 1. The minimum Gasteiger partial charge on any atom is -0.467 e. The van der Waals surface area contributed by atoms with Gasteiger partial charge in [0.25, 0.3) is 5.56 Å². The molecule has 6 N–H and O–H groups in total. The molecule has 3 aliphatic rings. The zero-order valence-electron chi connectivity index (χ0n) is 37.7. The van der Waals surface area contributed by atoms with E-state index in [2.05, 4.69) is 30.7 Å². The van der Waals surface area contributed by atoms with Crippen LogP contribution in [0.5, 0.6) is 5.75 Å². The lowest BCUT2D eigenvalue weighted by atomic mass is 9.85. The van der Waals surface area contributed by atoms with Crippen LogP contribution in [0.2, 0.25) is 0 Å². The number of nitrogens with zero attached hydrogens (tertiary/aromatic N) is 3. The third-order valence-electron chi connectivity index (χ3n) is 12.2. The maximum atomic E-state index is 14.3. The molecule has 6 heterocycles. The molecule has 8 atom stereocenters. The number of H-pyrrole nitrogens is 1. The molecule has 358 valence electrons. The average molecular weight is 938 g/mol. The summed E-state index contributed by atoms with van der Waals surface area (Å²) in [5.41, 5.74) is 1.21. The molecule has 68 heavy (non-hydrogen) atoms. The number of urea groups is 1. The largest absolute Gasteiger partial charge is 0.467 e. The number of hydrogen-bond acceptors (Lipinski definition) is 16. The Bertz CT molecular complexity index is 2780. The number of aliphatic hydroxyl groups excluding tert-OH is 2. The van der Waals surface area contributed by atoms with E-state index in [4.69, 9.17) is 28.7 Å². The standard InChI is InChI=1S/C47H51N7O14/c1-6-47(31-17-34-37-26(15-25-9-7-8-10-32(25)51-37)19-54(34)42(59)30(31)20-65-45(47)61)68-43(60)36(23(2)3)53-41(58)33(16-28-18-48-22-49-28)52-46(62)50-27-11-13-29(14-12-27)67-44-39(57)40(38(56)24(4)66-44)64-21-35(55)63-5/h7-15,17-18,22-24,33,36,38-40,44,56-57H,6,16,19-21H2,1-5H3,(H,48,49)(H,53,58)(H2,50,52,62)/t24-,33-,36-,38+,39-,40+,44+,47-/m0/s1. The van der Waals surface area contributed by atoms with Gasteiger partial charge in [-0.05, 0) is 61.7 Å². The van der Waals surface area contributed by atoms with E-state index < -0.39 is 96.3 Å². The third-order valence-corrected chi connectivity index (χ3v) is 12.2. The Labute approximate surface area is 388 Å². The number of aromatic nitrogens is 4. The molecule has 3 aromatic heterocycles. The number of esters is 3. The van der Waals surface area contributed by atoms with Gasteiger partial charge in [0.1, 0.15) is 49.4 Å². The predicted octanol–water partition coefficient (Wildman–Crippen LogP) is 2.33. The summed E-state index contributed by atoms with van der Waals surface area (Å²) in [6, 6.07) is 13.7. The molecule has 0 bridgehead atoms. The molecule has 21 nitrogen and oxygen atoms in total. The van der Waals surface area contributed by atoms with Crippen molar-refractivity contribution in [3.8, 4) is 17.1 Å². The lowest BCUT2D eigenvalue weighted by molar-refractivity contribution is -0.277.